The van der Waals surface area contributed by atoms with E-state index in [4.69, 9.17) is 4.42 Å². The highest BCUT2D eigenvalue weighted by Crippen LogP contribution is 2.50. The zero-order valence-corrected chi connectivity index (χ0v) is 68.4. The fourth-order valence-electron chi connectivity index (χ4n) is 21.0. The van der Waals surface area contributed by atoms with Gasteiger partial charge in [0.05, 0.1) is 21.5 Å². The number of anilines is 9. The number of fused-ring (bicyclic) bond motifs is 9. The molecule has 0 bridgehead atoms. The number of hydrogen-bond acceptors (Lipinski definition) is 6. The highest BCUT2D eigenvalue weighted by molar-refractivity contribution is 7.26. The second-order valence-corrected chi connectivity index (χ2v) is 36.5. The molecule has 0 N–H and O–H groups in total. The molecule has 114 heavy (non-hydrogen) atoms. The summed E-state index contributed by atoms with van der Waals surface area (Å²) in [6.45, 7) is 0. The summed E-state index contributed by atoms with van der Waals surface area (Å²) in [6, 6.07) is 103. The van der Waals surface area contributed by atoms with Crippen molar-refractivity contribution in [3.8, 4) is 0 Å². The summed E-state index contributed by atoms with van der Waals surface area (Å²) in [5.74, 6) is 4.34. The highest BCUT2D eigenvalue weighted by Gasteiger charge is 2.27. The Bertz CT molecular complexity index is 5480. The SMILES string of the molecule is c1ccc2c(c1)oc1cccc(N(c3ccc(C4CCCCC4)cc3)c3ccc(C4CCCCC4)cc3)c12.c1ccc2c(c1)sc1c(N(c3ccc(C4CCCCC4)cc3)c3ccc(C4CCCCC4)cc3)cccc12.c1ccc2c(c1)sc1cc(N(c3ccc(C4CCCCC4)cc3)c3ccc(C4CCCCC4)cc3)ccc12. The highest BCUT2D eigenvalue weighted by atomic mass is 32.1. The van der Waals surface area contributed by atoms with Gasteiger partial charge in [0.25, 0.3) is 0 Å². The van der Waals surface area contributed by atoms with E-state index in [0.29, 0.717) is 11.8 Å². The van der Waals surface area contributed by atoms with Crippen LogP contribution in [0.4, 0.5) is 51.2 Å². The molecule has 12 aromatic carbocycles. The molecule has 0 unspecified atom stereocenters. The first kappa shape index (κ1) is 74.4. The molecular weight excluding hydrogens is 1420 g/mol. The van der Waals surface area contributed by atoms with Gasteiger partial charge >= 0.3 is 0 Å². The average molecular weight is 1530 g/mol. The summed E-state index contributed by atoms with van der Waals surface area (Å²) in [5.41, 5.74) is 22.0. The molecule has 15 aromatic rings. The van der Waals surface area contributed by atoms with E-state index < -0.39 is 0 Å². The Hall–Kier alpha value is -9.72. The van der Waals surface area contributed by atoms with Crippen molar-refractivity contribution in [3.05, 3.63) is 306 Å². The van der Waals surface area contributed by atoms with Crippen molar-refractivity contribution in [2.45, 2.75) is 228 Å². The Morgan fingerprint density at radius 2 is 0.500 bits per heavy atom. The molecule has 6 fully saturated rings. The molecule has 0 saturated heterocycles. The molecule has 6 aliphatic rings. The van der Waals surface area contributed by atoms with Crippen molar-refractivity contribution in [1.82, 2.24) is 0 Å². The largest absolute Gasteiger partial charge is 0.456 e. The van der Waals surface area contributed by atoms with Crippen molar-refractivity contribution >= 4 is 136 Å². The zero-order chi connectivity index (χ0) is 75.9. The molecule has 0 aliphatic heterocycles. The zero-order valence-electron chi connectivity index (χ0n) is 66.7. The topological polar surface area (TPSA) is 22.9 Å². The molecular formula is C108H111N3OS2. The van der Waals surface area contributed by atoms with Crippen molar-refractivity contribution in [2.75, 3.05) is 14.7 Å². The summed E-state index contributed by atoms with van der Waals surface area (Å²) in [6.07, 6.45) is 40.9. The summed E-state index contributed by atoms with van der Waals surface area (Å²) in [5, 5.41) is 7.77. The molecule has 0 spiro atoms. The van der Waals surface area contributed by atoms with Crippen molar-refractivity contribution in [3.63, 3.8) is 0 Å². The predicted octanol–water partition coefficient (Wildman–Crippen LogP) is 34.4. The smallest absolute Gasteiger partial charge is 0.137 e. The maximum atomic E-state index is 6.29. The second kappa shape index (κ2) is 34.8. The van der Waals surface area contributed by atoms with Crippen molar-refractivity contribution in [1.29, 1.82) is 0 Å². The molecule has 576 valence electrons. The average Bonchev–Trinajstić information content (AvgIpc) is 1.59. The van der Waals surface area contributed by atoms with E-state index in [1.54, 1.807) is 0 Å². The number of nitrogens with zero attached hydrogens (tertiary/aromatic N) is 3. The molecule has 6 saturated carbocycles. The van der Waals surface area contributed by atoms with E-state index in [2.05, 4.69) is 288 Å². The lowest BCUT2D eigenvalue weighted by molar-refractivity contribution is 0.443. The molecule has 0 radical (unpaired) electrons. The van der Waals surface area contributed by atoms with Gasteiger partial charge in [0, 0.05) is 80.8 Å². The number of para-hydroxylation sites is 1. The van der Waals surface area contributed by atoms with Gasteiger partial charge in [-0.15, -0.1) is 22.7 Å². The first-order valence-corrected chi connectivity index (χ1v) is 45.9. The molecule has 4 nitrogen and oxygen atoms in total. The lowest BCUT2D eigenvalue weighted by Crippen LogP contribution is -2.11. The van der Waals surface area contributed by atoms with Gasteiger partial charge in [-0.3, -0.25) is 0 Å². The lowest BCUT2D eigenvalue weighted by atomic mass is 9.84. The quantitative estimate of drug-likeness (QED) is 0.102. The fourth-order valence-corrected chi connectivity index (χ4v) is 23.3. The lowest BCUT2D eigenvalue weighted by Gasteiger charge is -2.28. The molecule has 3 heterocycles. The minimum Gasteiger partial charge on any atom is -0.456 e. The Kier molecular flexibility index (Phi) is 22.7. The van der Waals surface area contributed by atoms with E-state index in [9.17, 15) is 0 Å². The van der Waals surface area contributed by atoms with Crippen LogP contribution < -0.4 is 14.7 Å². The van der Waals surface area contributed by atoms with Gasteiger partial charge in [0.15, 0.2) is 0 Å². The van der Waals surface area contributed by atoms with Crippen LogP contribution in [0, 0.1) is 0 Å². The van der Waals surface area contributed by atoms with Gasteiger partial charge in [0.2, 0.25) is 0 Å². The van der Waals surface area contributed by atoms with Crippen LogP contribution in [0.15, 0.2) is 277 Å². The summed E-state index contributed by atoms with van der Waals surface area (Å²) >= 11 is 3.82. The molecule has 6 heteroatoms. The van der Waals surface area contributed by atoms with Gasteiger partial charge in [-0.1, -0.05) is 267 Å². The standard InChI is InChI=1S/C36H37NO.2C36H37NS/c1-3-10-26(11-4-1)28-18-22-30(23-19-28)37(31-24-20-29(21-25-31)27-12-5-2-6-13-27)33-15-9-17-35-36(33)32-14-7-8-16-34(32)38-35;1-3-10-26(11-4-1)28-18-22-30(23-19-28)37(31-24-20-29(21-25-31)27-12-5-2-6-13-27)34-16-9-15-33-32-14-7-8-17-35(32)38-36(33)34;1-3-9-26(10-4-1)28-15-19-30(20-16-28)37(31-21-17-29(18-22-31)27-11-5-2-6-12-27)32-23-24-34-33-13-7-8-14-35(33)38-36(34)25-32/h2*7-9,14-27H,1-6,10-13H2;7-8,13-27H,1-6,9-12H2. The maximum absolute atomic E-state index is 6.29. The van der Waals surface area contributed by atoms with Crippen LogP contribution in [0.1, 0.15) is 262 Å². The third kappa shape index (κ3) is 16.0. The normalized spacial score (nSPS) is 17.3. The fraction of sp³-hybridized carbons (Fsp3) is 0.333. The van der Waals surface area contributed by atoms with Crippen LogP contribution in [0.5, 0.6) is 0 Å². The van der Waals surface area contributed by atoms with Crippen LogP contribution in [-0.4, -0.2) is 0 Å². The van der Waals surface area contributed by atoms with E-state index in [1.165, 1.54) is 328 Å². The van der Waals surface area contributed by atoms with E-state index in [-0.39, 0.29) is 0 Å². The third-order valence-corrected chi connectivity index (χ3v) is 29.6. The maximum Gasteiger partial charge on any atom is 0.137 e. The van der Waals surface area contributed by atoms with Crippen LogP contribution >= 0.6 is 22.7 Å². The minimum atomic E-state index is 0.710. The van der Waals surface area contributed by atoms with Crippen molar-refractivity contribution < 1.29 is 4.42 Å². The van der Waals surface area contributed by atoms with Gasteiger partial charge in [-0.2, -0.15) is 0 Å². The summed E-state index contributed by atoms with van der Waals surface area (Å²) < 4.78 is 11.7. The van der Waals surface area contributed by atoms with Gasteiger partial charge in [-0.05, 0) is 267 Å². The number of rotatable bonds is 15. The van der Waals surface area contributed by atoms with Gasteiger partial charge in [-0.25, -0.2) is 0 Å². The molecule has 0 amide bonds. The van der Waals surface area contributed by atoms with Crippen LogP contribution in [-0.2, 0) is 0 Å². The Labute approximate surface area is 684 Å². The number of furan rings is 1. The molecule has 3 aromatic heterocycles. The predicted molar refractivity (Wildman–Crippen MR) is 491 cm³/mol. The molecule has 21 rings (SSSR count). The van der Waals surface area contributed by atoms with E-state index in [1.807, 2.05) is 22.7 Å². The molecule has 6 aliphatic carbocycles. The number of benzene rings is 12. The number of thiophene rings is 2. The van der Waals surface area contributed by atoms with Crippen LogP contribution in [0.3, 0.4) is 0 Å². The van der Waals surface area contributed by atoms with E-state index >= 15 is 0 Å². The number of hydrogen-bond donors (Lipinski definition) is 0. The van der Waals surface area contributed by atoms with E-state index in [0.717, 1.165) is 34.8 Å². The molecule has 0 atom stereocenters. The Morgan fingerprint density at radius 3 is 0.904 bits per heavy atom. The monoisotopic (exact) mass is 1530 g/mol. The Morgan fingerprint density at radius 1 is 0.211 bits per heavy atom. The minimum absolute atomic E-state index is 0.710. The van der Waals surface area contributed by atoms with Gasteiger partial charge < -0.3 is 19.1 Å². The summed E-state index contributed by atoms with van der Waals surface area (Å²) in [4.78, 5) is 7.38. The van der Waals surface area contributed by atoms with Crippen LogP contribution in [0.2, 0.25) is 0 Å². The van der Waals surface area contributed by atoms with Crippen LogP contribution in [0.25, 0.3) is 62.3 Å². The third-order valence-electron chi connectivity index (χ3n) is 27.2. The van der Waals surface area contributed by atoms with Crippen molar-refractivity contribution in [2.24, 2.45) is 0 Å². The Balaban J connectivity index is 0.000000115. The first-order chi connectivity index (χ1) is 56.5. The summed E-state index contributed by atoms with van der Waals surface area (Å²) in [7, 11) is 0. The van der Waals surface area contributed by atoms with Gasteiger partial charge in [0.1, 0.15) is 11.2 Å². The second-order valence-electron chi connectivity index (χ2n) is 34.3. The first-order valence-electron chi connectivity index (χ1n) is 44.3.